The molecule has 0 unspecified atom stereocenters. The van der Waals surface area contributed by atoms with Gasteiger partial charge >= 0.3 is 6.03 Å². The summed E-state index contributed by atoms with van der Waals surface area (Å²) >= 11 is 0. The largest absolute Gasteiger partial charge is 0.383 e. The van der Waals surface area contributed by atoms with Gasteiger partial charge in [0.15, 0.2) is 15.7 Å². The van der Waals surface area contributed by atoms with Gasteiger partial charge in [-0.3, -0.25) is 0 Å². The van der Waals surface area contributed by atoms with Gasteiger partial charge in [-0.15, -0.1) is 0 Å². The van der Waals surface area contributed by atoms with Crippen LogP contribution in [0.5, 0.6) is 0 Å². The second-order valence-corrected chi connectivity index (χ2v) is 10.2. The summed E-state index contributed by atoms with van der Waals surface area (Å²) in [6, 6.07) is 16.8. The molecule has 1 aliphatic rings. The minimum atomic E-state index is -3.59. The molecule has 1 fully saturated rings. The standard InChI is InChI=1S/C25H29N5O5S/c1-34-14-11-26-25(31)28-20-9-7-19(8-10-20)24-27-21(17-23(29-24)30-12-15-35-16-13-30)18-36(32,33)22-5-3-2-4-6-22/h2-10,17H,11-16,18H2,1H3,(H2,26,28,31). The second-order valence-electron chi connectivity index (χ2n) is 8.16. The number of rotatable bonds is 9. The Morgan fingerprint density at radius 1 is 1.06 bits per heavy atom. The number of benzene rings is 2. The van der Waals surface area contributed by atoms with Gasteiger partial charge in [0.1, 0.15) is 5.82 Å². The van der Waals surface area contributed by atoms with E-state index in [2.05, 4.69) is 20.5 Å². The van der Waals surface area contributed by atoms with Crippen molar-refractivity contribution in [2.45, 2.75) is 10.6 Å². The van der Waals surface area contributed by atoms with E-state index in [-0.39, 0.29) is 16.7 Å². The molecule has 0 spiro atoms. The topological polar surface area (TPSA) is 123 Å². The molecule has 2 aromatic carbocycles. The number of hydrogen-bond donors (Lipinski definition) is 2. The fraction of sp³-hybridized carbons (Fsp3) is 0.320. The van der Waals surface area contributed by atoms with Gasteiger partial charge in [0, 0.05) is 44.1 Å². The van der Waals surface area contributed by atoms with E-state index in [1.807, 2.05) is 0 Å². The summed E-state index contributed by atoms with van der Waals surface area (Å²) in [5.74, 6) is 0.820. The number of morpholine rings is 1. The number of methoxy groups -OCH3 is 1. The zero-order chi connectivity index (χ0) is 25.4. The predicted octanol–water partition coefficient (Wildman–Crippen LogP) is 2.72. The van der Waals surface area contributed by atoms with Crippen LogP contribution in [0, 0.1) is 0 Å². The van der Waals surface area contributed by atoms with Crippen LogP contribution in [0.25, 0.3) is 11.4 Å². The molecule has 36 heavy (non-hydrogen) atoms. The zero-order valence-electron chi connectivity index (χ0n) is 20.0. The van der Waals surface area contributed by atoms with Crippen LogP contribution in [0.4, 0.5) is 16.3 Å². The molecule has 11 heteroatoms. The number of hydrogen-bond acceptors (Lipinski definition) is 8. The number of carbonyl (C=O) groups is 1. The fourth-order valence-electron chi connectivity index (χ4n) is 3.69. The first kappa shape index (κ1) is 25.5. The van der Waals surface area contributed by atoms with Crippen molar-refractivity contribution < 1.29 is 22.7 Å². The average Bonchev–Trinajstić information content (AvgIpc) is 2.90. The van der Waals surface area contributed by atoms with E-state index in [1.165, 1.54) is 0 Å². The molecule has 0 radical (unpaired) electrons. The van der Waals surface area contributed by atoms with Crippen LogP contribution in [0.2, 0.25) is 0 Å². The average molecular weight is 512 g/mol. The van der Waals surface area contributed by atoms with Gasteiger partial charge in [0.2, 0.25) is 0 Å². The van der Waals surface area contributed by atoms with Crippen LogP contribution in [0.15, 0.2) is 65.6 Å². The number of amides is 2. The van der Waals surface area contributed by atoms with Crippen molar-refractivity contribution >= 4 is 27.4 Å². The van der Waals surface area contributed by atoms with Crippen molar-refractivity contribution in [1.82, 2.24) is 15.3 Å². The number of anilines is 2. The lowest BCUT2D eigenvalue weighted by Gasteiger charge is -2.28. The predicted molar refractivity (Wildman–Crippen MR) is 137 cm³/mol. The molecule has 3 aromatic rings. The molecule has 0 saturated carbocycles. The van der Waals surface area contributed by atoms with Crippen molar-refractivity contribution in [1.29, 1.82) is 0 Å². The van der Waals surface area contributed by atoms with Crippen LogP contribution in [0.3, 0.4) is 0 Å². The first-order chi connectivity index (χ1) is 17.4. The van der Waals surface area contributed by atoms with Crippen molar-refractivity contribution in [2.24, 2.45) is 0 Å². The lowest BCUT2D eigenvalue weighted by molar-refractivity contribution is 0.122. The maximum atomic E-state index is 13.0. The normalized spacial score (nSPS) is 13.9. The van der Waals surface area contributed by atoms with E-state index in [9.17, 15) is 13.2 Å². The van der Waals surface area contributed by atoms with Crippen LogP contribution in [-0.4, -0.2) is 71.0 Å². The summed E-state index contributed by atoms with van der Waals surface area (Å²) in [5.41, 5.74) is 1.71. The highest BCUT2D eigenvalue weighted by atomic mass is 32.2. The van der Waals surface area contributed by atoms with E-state index in [4.69, 9.17) is 14.5 Å². The minimum absolute atomic E-state index is 0.245. The van der Waals surface area contributed by atoms with Gasteiger partial charge < -0.3 is 25.0 Å². The number of urea groups is 1. The Bertz CT molecular complexity index is 1260. The number of ether oxygens (including phenoxy) is 2. The molecule has 4 rings (SSSR count). The molecule has 0 aliphatic carbocycles. The van der Waals surface area contributed by atoms with Gasteiger partial charge in [0.05, 0.1) is 36.2 Å². The molecule has 0 bridgehead atoms. The lowest BCUT2D eigenvalue weighted by Crippen LogP contribution is -2.37. The van der Waals surface area contributed by atoms with Crippen molar-refractivity contribution in [3.05, 3.63) is 66.4 Å². The summed E-state index contributed by atoms with van der Waals surface area (Å²) < 4.78 is 36.4. The summed E-state index contributed by atoms with van der Waals surface area (Å²) in [4.78, 5) is 23.6. The van der Waals surface area contributed by atoms with Gasteiger partial charge in [-0.05, 0) is 36.4 Å². The van der Waals surface area contributed by atoms with Crippen LogP contribution >= 0.6 is 0 Å². The summed E-state index contributed by atoms with van der Waals surface area (Å²) in [6.45, 7) is 3.28. The summed E-state index contributed by atoms with van der Waals surface area (Å²) in [5, 5.41) is 5.45. The van der Waals surface area contributed by atoms with Crippen molar-refractivity contribution in [3.63, 3.8) is 0 Å². The number of sulfone groups is 1. The summed E-state index contributed by atoms with van der Waals surface area (Å²) in [7, 11) is -2.02. The molecule has 190 valence electrons. The number of carbonyl (C=O) groups excluding carboxylic acids is 1. The Morgan fingerprint density at radius 3 is 2.47 bits per heavy atom. The van der Waals surface area contributed by atoms with Crippen molar-refractivity contribution in [2.75, 3.05) is 56.8 Å². The quantitative estimate of drug-likeness (QED) is 0.421. The Morgan fingerprint density at radius 2 is 1.78 bits per heavy atom. The highest BCUT2D eigenvalue weighted by Gasteiger charge is 2.20. The lowest BCUT2D eigenvalue weighted by atomic mass is 10.2. The third-order valence-corrected chi connectivity index (χ3v) is 7.20. The highest BCUT2D eigenvalue weighted by Crippen LogP contribution is 2.25. The van der Waals surface area contributed by atoms with E-state index in [0.29, 0.717) is 68.0 Å². The molecule has 1 saturated heterocycles. The molecular formula is C25H29N5O5S. The van der Waals surface area contributed by atoms with E-state index in [1.54, 1.807) is 67.8 Å². The molecule has 2 N–H and O–H groups in total. The molecular weight excluding hydrogens is 482 g/mol. The Hall–Kier alpha value is -3.54. The van der Waals surface area contributed by atoms with E-state index < -0.39 is 9.84 Å². The van der Waals surface area contributed by atoms with Gasteiger partial charge in [-0.25, -0.2) is 23.2 Å². The molecule has 1 aliphatic heterocycles. The number of nitrogens with zero attached hydrogens (tertiary/aromatic N) is 3. The maximum absolute atomic E-state index is 13.0. The zero-order valence-corrected chi connectivity index (χ0v) is 20.8. The first-order valence-electron chi connectivity index (χ1n) is 11.6. The maximum Gasteiger partial charge on any atom is 0.319 e. The SMILES string of the molecule is COCCNC(=O)Nc1ccc(-c2nc(CS(=O)(=O)c3ccccc3)cc(N3CCOCC3)n2)cc1. The van der Waals surface area contributed by atoms with Crippen LogP contribution in [0.1, 0.15) is 5.69 Å². The first-order valence-corrected chi connectivity index (χ1v) is 13.2. The molecule has 2 heterocycles. The Kier molecular flexibility index (Phi) is 8.47. The Balaban J connectivity index is 1.59. The third kappa shape index (κ3) is 6.78. The monoisotopic (exact) mass is 511 g/mol. The van der Waals surface area contributed by atoms with Crippen LogP contribution in [-0.2, 0) is 25.1 Å². The molecule has 1 aromatic heterocycles. The van der Waals surface area contributed by atoms with E-state index >= 15 is 0 Å². The molecule has 10 nitrogen and oxygen atoms in total. The molecule has 0 atom stereocenters. The van der Waals surface area contributed by atoms with E-state index in [0.717, 1.165) is 0 Å². The number of aromatic nitrogens is 2. The van der Waals surface area contributed by atoms with Crippen LogP contribution < -0.4 is 15.5 Å². The number of nitrogens with one attached hydrogen (secondary N) is 2. The third-order valence-electron chi connectivity index (χ3n) is 5.53. The van der Waals surface area contributed by atoms with Gasteiger partial charge in [0.25, 0.3) is 0 Å². The fourth-order valence-corrected chi connectivity index (χ4v) is 4.97. The molecule has 2 amide bonds. The van der Waals surface area contributed by atoms with Crippen molar-refractivity contribution in [3.8, 4) is 11.4 Å². The second kappa shape index (κ2) is 11.9. The highest BCUT2D eigenvalue weighted by molar-refractivity contribution is 7.90. The smallest absolute Gasteiger partial charge is 0.319 e. The van der Waals surface area contributed by atoms with Gasteiger partial charge in [-0.1, -0.05) is 18.2 Å². The minimum Gasteiger partial charge on any atom is -0.383 e. The summed E-state index contributed by atoms with van der Waals surface area (Å²) in [6.07, 6.45) is 0. The Labute approximate surface area is 210 Å². The van der Waals surface area contributed by atoms with Gasteiger partial charge in [-0.2, -0.15) is 0 Å².